The lowest BCUT2D eigenvalue weighted by atomic mass is 10.1. The van der Waals surface area contributed by atoms with Crippen molar-refractivity contribution in [3.05, 3.63) is 59.8 Å². The zero-order chi connectivity index (χ0) is 16.1. The van der Waals surface area contributed by atoms with Gasteiger partial charge < -0.3 is 14.3 Å². The van der Waals surface area contributed by atoms with Crippen LogP contribution in [0.5, 0.6) is 0 Å². The molecule has 0 unspecified atom stereocenters. The first kappa shape index (κ1) is 15.6. The van der Waals surface area contributed by atoms with Crippen LogP contribution in [0.2, 0.25) is 0 Å². The zero-order valence-electron chi connectivity index (χ0n) is 12.9. The van der Waals surface area contributed by atoms with Crippen LogP contribution in [0.4, 0.5) is 0 Å². The van der Waals surface area contributed by atoms with Gasteiger partial charge in [-0.05, 0) is 37.6 Å². The van der Waals surface area contributed by atoms with Gasteiger partial charge in [-0.3, -0.25) is 4.79 Å². The Kier molecular flexibility index (Phi) is 4.92. The number of hydrogen-bond donors (Lipinski definition) is 1. The topological polar surface area (TPSA) is 60.1 Å². The molecule has 0 aliphatic rings. The molecule has 3 aromatic heterocycles. The molecule has 3 aromatic rings. The minimum absolute atomic E-state index is 0.00120. The zero-order valence-corrected chi connectivity index (χ0v) is 13.8. The number of carbonyl (C=O) groups is 1. The molecule has 5 nitrogen and oxygen atoms in total. The molecule has 0 fully saturated rings. The van der Waals surface area contributed by atoms with Crippen LogP contribution in [0, 0.1) is 0 Å². The van der Waals surface area contributed by atoms with E-state index in [2.05, 4.69) is 10.3 Å². The highest BCUT2D eigenvalue weighted by atomic mass is 32.1. The molecule has 3 heterocycles. The quantitative estimate of drug-likeness (QED) is 0.724. The van der Waals surface area contributed by atoms with Crippen molar-refractivity contribution in [2.45, 2.75) is 32.2 Å². The molecule has 0 spiro atoms. The number of rotatable bonds is 7. The lowest BCUT2D eigenvalue weighted by Gasteiger charge is -2.12. The van der Waals surface area contributed by atoms with Gasteiger partial charge in [0.1, 0.15) is 5.76 Å². The summed E-state index contributed by atoms with van der Waals surface area (Å²) in [7, 11) is 0. The fourth-order valence-electron chi connectivity index (χ4n) is 2.33. The Balaban J connectivity index is 1.47. The van der Waals surface area contributed by atoms with Crippen LogP contribution in [0.15, 0.2) is 52.7 Å². The largest absolute Gasteiger partial charge is 0.469 e. The molecule has 0 saturated heterocycles. The summed E-state index contributed by atoms with van der Waals surface area (Å²) in [6, 6.07) is 7.84. The Labute approximate surface area is 139 Å². The van der Waals surface area contributed by atoms with Crippen LogP contribution < -0.4 is 5.32 Å². The summed E-state index contributed by atoms with van der Waals surface area (Å²) in [6.07, 6.45) is 7.54. The van der Waals surface area contributed by atoms with Gasteiger partial charge in [0.15, 0.2) is 5.13 Å². The maximum atomic E-state index is 12.1. The van der Waals surface area contributed by atoms with Gasteiger partial charge in [-0.2, -0.15) is 0 Å². The molecule has 0 saturated carbocycles. The molecule has 1 atom stereocenters. The first-order valence-corrected chi connectivity index (χ1v) is 8.48. The minimum atomic E-state index is 0.00120. The fraction of sp³-hybridized carbons (Fsp3) is 0.294. The molecule has 0 radical (unpaired) electrons. The van der Waals surface area contributed by atoms with E-state index in [-0.39, 0.29) is 11.9 Å². The second-order valence-corrected chi connectivity index (χ2v) is 6.31. The first-order chi connectivity index (χ1) is 11.2. The normalized spacial score (nSPS) is 12.2. The number of thiazole rings is 1. The van der Waals surface area contributed by atoms with Crippen LogP contribution in [0.3, 0.4) is 0 Å². The average molecular weight is 329 g/mol. The van der Waals surface area contributed by atoms with Crippen molar-refractivity contribution in [2.24, 2.45) is 0 Å². The smallest absolute Gasteiger partial charge is 0.226 e. The first-order valence-electron chi connectivity index (χ1n) is 7.60. The number of nitrogens with one attached hydrogen (secondary N) is 1. The van der Waals surface area contributed by atoms with Crippen molar-refractivity contribution in [3.63, 3.8) is 0 Å². The van der Waals surface area contributed by atoms with E-state index in [1.165, 1.54) is 11.3 Å². The Morgan fingerprint density at radius 1 is 1.39 bits per heavy atom. The minimum Gasteiger partial charge on any atom is -0.469 e. The van der Waals surface area contributed by atoms with Crippen LogP contribution in [0.1, 0.15) is 24.8 Å². The van der Waals surface area contributed by atoms with Crippen molar-refractivity contribution in [1.82, 2.24) is 14.9 Å². The van der Waals surface area contributed by atoms with Crippen LogP contribution in [-0.2, 0) is 17.6 Å². The van der Waals surface area contributed by atoms with E-state index in [0.717, 1.165) is 29.4 Å². The predicted molar refractivity (Wildman–Crippen MR) is 89.8 cm³/mol. The Hall–Kier alpha value is -2.34. The van der Waals surface area contributed by atoms with Gasteiger partial charge in [0.05, 0.1) is 18.4 Å². The molecule has 3 rings (SSSR count). The van der Waals surface area contributed by atoms with Gasteiger partial charge >= 0.3 is 0 Å². The number of furan rings is 1. The molecule has 1 amide bonds. The van der Waals surface area contributed by atoms with Crippen molar-refractivity contribution in [2.75, 3.05) is 0 Å². The van der Waals surface area contributed by atoms with E-state index in [1.54, 1.807) is 6.26 Å². The molecule has 0 aliphatic carbocycles. The van der Waals surface area contributed by atoms with E-state index < -0.39 is 0 Å². The Morgan fingerprint density at radius 2 is 2.22 bits per heavy atom. The number of amides is 1. The predicted octanol–water partition coefficient (Wildman–Crippen LogP) is 3.21. The van der Waals surface area contributed by atoms with Gasteiger partial charge in [0.2, 0.25) is 5.91 Å². The van der Waals surface area contributed by atoms with Crippen molar-refractivity contribution >= 4 is 17.2 Å². The fourth-order valence-corrected chi connectivity index (χ4v) is 3.13. The summed E-state index contributed by atoms with van der Waals surface area (Å²) in [5.41, 5.74) is 0.800. The highest BCUT2D eigenvalue weighted by molar-refractivity contribution is 7.12. The summed E-state index contributed by atoms with van der Waals surface area (Å²) in [6.45, 7) is 2.01. The third-order valence-corrected chi connectivity index (χ3v) is 4.42. The van der Waals surface area contributed by atoms with Gasteiger partial charge in [-0.25, -0.2) is 4.98 Å². The summed E-state index contributed by atoms with van der Waals surface area (Å²) < 4.78 is 7.24. The maximum absolute atomic E-state index is 12.1. The SMILES string of the molecule is C[C@H](CCc1ccco1)NC(=O)Cc1csc(-n2cccc2)n1. The number of aromatic nitrogens is 2. The average Bonchev–Trinajstić information content (AvgIpc) is 3.26. The third-order valence-electron chi connectivity index (χ3n) is 3.52. The summed E-state index contributed by atoms with van der Waals surface area (Å²) >= 11 is 1.54. The third kappa shape index (κ3) is 4.32. The van der Waals surface area contributed by atoms with Crippen LogP contribution in [-0.4, -0.2) is 21.5 Å². The van der Waals surface area contributed by atoms with Crippen LogP contribution >= 0.6 is 11.3 Å². The summed E-state index contributed by atoms with van der Waals surface area (Å²) in [5, 5.41) is 5.82. The van der Waals surface area contributed by atoms with E-state index >= 15 is 0 Å². The van der Waals surface area contributed by atoms with Crippen LogP contribution in [0.25, 0.3) is 5.13 Å². The number of aryl methyl sites for hydroxylation is 1. The van der Waals surface area contributed by atoms with E-state index in [0.29, 0.717) is 6.42 Å². The molecular formula is C17H19N3O2S. The molecule has 0 bridgehead atoms. The molecule has 0 aliphatic heterocycles. The van der Waals surface area contributed by atoms with Crippen molar-refractivity contribution in [1.29, 1.82) is 0 Å². The molecular weight excluding hydrogens is 310 g/mol. The van der Waals surface area contributed by atoms with Gasteiger partial charge in [-0.1, -0.05) is 0 Å². The number of hydrogen-bond acceptors (Lipinski definition) is 4. The van der Waals surface area contributed by atoms with E-state index in [1.807, 2.05) is 53.5 Å². The van der Waals surface area contributed by atoms with Gasteiger partial charge in [0.25, 0.3) is 0 Å². The summed E-state index contributed by atoms with van der Waals surface area (Å²) in [5.74, 6) is 0.947. The molecule has 1 N–H and O–H groups in total. The molecule has 6 heteroatoms. The van der Waals surface area contributed by atoms with Gasteiger partial charge in [0, 0.05) is 30.2 Å². The monoisotopic (exact) mass is 329 g/mol. The second-order valence-electron chi connectivity index (χ2n) is 5.48. The molecule has 23 heavy (non-hydrogen) atoms. The standard InChI is InChI=1S/C17H19N3O2S/c1-13(6-7-15-5-4-10-22-15)18-16(21)11-14-12-23-17(19-14)20-8-2-3-9-20/h2-5,8-10,12-13H,6-7,11H2,1H3,(H,18,21)/t13-/m1/s1. The Bertz CT molecular complexity index is 732. The molecule has 120 valence electrons. The number of nitrogens with zero attached hydrogens (tertiary/aromatic N) is 2. The second kappa shape index (κ2) is 7.28. The lowest BCUT2D eigenvalue weighted by molar-refractivity contribution is -0.121. The van der Waals surface area contributed by atoms with E-state index in [4.69, 9.17) is 4.42 Å². The summed E-state index contributed by atoms with van der Waals surface area (Å²) in [4.78, 5) is 16.6. The lowest BCUT2D eigenvalue weighted by Crippen LogP contribution is -2.34. The van der Waals surface area contributed by atoms with Crippen molar-refractivity contribution < 1.29 is 9.21 Å². The maximum Gasteiger partial charge on any atom is 0.226 e. The van der Waals surface area contributed by atoms with Crippen molar-refractivity contribution in [3.8, 4) is 5.13 Å². The Morgan fingerprint density at radius 3 is 2.96 bits per heavy atom. The van der Waals surface area contributed by atoms with Gasteiger partial charge in [-0.15, -0.1) is 11.3 Å². The van der Waals surface area contributed by atoms with E-state index in [9.17, 15) is 4.79 Å². The highest BCUT2D eigenvalue weighted by Crippen LogP contribution is 2.15. The molecule has 0 aromatic carbocycles. The highest BCUT2D eigenvalue weighted by Gasteiger charge is 2.11. The number of carbonyl (C=O) groups excluding carboxylic acids is 1.